The average Bonchev–Trinajstić information content (AvgIpc) is 3.69. The van der Waals surface area contributed by atoms with Gasteiger partial charge in [0.15, 0.2) is 17.3 Å². The number of nitrogen functional groups attached to an aromatic ring is 1. The van der Waals surface area contributed by atoms with Gasteiger partial charge in [-0.2, -0.15) is 10.2 Å². The van der Waals surface area contributed by atoms with Crippen LogP contribution in [0.25, 0.3) is 11.5 Å². The van der Waals surface area contributed by atoms with Gasteiger partial charge < -0.3 is 25.2 Å². The van der Waals surface area contributed by atoms with Crippen LogP contribution < -0.4 is 20.7 Å². The molecule has 3 aromatic heterocycles. The van der Waals surface area contributed by atoms with Gasteiger partial charge in [-0.1, -0.05) is 5.16 Å². The summed E-state index contributed by atoms with van der Waals surface area (Å²) in [7, 11) is 2.17. The number of nitrogens with one attached hydrogen (secondary N) is 1. The van der Waals surface area contributed by atoms with Gasteiger partial charge in [-0.15, -0.1) is 11.3 Å². The molecule has 0 radical (unpaired) electrons. The van der Waals surface area contributed by atoms with Crippen molar-refractivity contribution in [2.45, 2.75) is 102 Å². The van der Waals surface area contributed by atoms with Crippen molar-refractivity contribution in [3.05, 3.63) is 33.4 Å². The summed E-state index contributed by atoms with van der Waals surface area (Å²) >= 11 is 1.56. The molecule has 5 heterocycles. The number of anilines is 2. The van der Waals surface area contributed by atoms with Crippen molar-refractivity contribution in [3.8, 4) is 23.5 Å². The maximum atomic E-state index is 10.1. The third-order valence-corrected chi connectivity index (χ3v) is 11.1. The van der Waals surface area contributed by atoms with Gasteiger partial charge in [-0.25, -0.2) is 4.98 Å². The van der Waals surface area contributed by atoms with E-state index in [1.807, 2.05) is 6.07 Å². The van der Waals surface area contributed by atoms with E-state index >= 15 is 0 Å². The molecule has 0 saturated carbocycles. The highest BCUT2D eigenvalue weighted by Gasteiger charge is 2.49. The Morgan fingerprint density at radius 2 is 1.95 bits per heavy atom. The molecule has 10 nitrogen and oxygen atoms in total. The van der Waals surface area contributed by atoms with Crippen LogP contribution >= 0.6 is 11.3 Å². The molecule has 2 aliphatic heterocycles. The zero-order chi connectivity index (χ0) is 29.9. The van der Waals surface area contributed by atoms with Crippen molar-refractivity contribution in [1.82, 2.24) is 25.3 Å². The number of thiophene rings is 1. The van der Waals surface area contributed by atoms with Crippen molar-refractivity contribution in [2.75, 3.05) is 37.3 Å². The van der Waals surface area contributed by atoms with Gasteiger partial charge in [0.05, 0.1) is 11.0 Å². The van der Waals surface area contributed by atoms with Gasteiger partial charge in [-0.3, -0.25) is 4.90 Å². The summed E-state index contributed by atoms with van der Waals surface area (Å²) in [6.45, 7) is 9.34. The second-order valence-electron chi connectivity index (χ2n) is 13.2. The molecule has 3 aromatic rings. The normalized spacial score (nSPS) is 28.0. The zero-order valence-corrected chi connectivity index (χ0v) is 26.5. The lowest BCUT2D eigenvalue weighted by molar-refractivity contribution is 0.117. The van der Waals surface area contributed by atoms with Crippen LogP contribution in [0.15, 0.2) is 10.6 Å². The predicted molar refractivity (Wildman–Crippen MR) is 168 cm³/mol. The highest BCUT2D eigenvalue weighted by atomic mass is 32.1. The molecule has 0 bridgehead atoms. The van der Waals surface area contributed by atoms with E-state index in [-0.39, 0.29) is 11.5 Å². The Morgan fingerprint density at radius 1 is 1.19 bits per heavy atom. The number of piperazine rings is 1. The smallest absolute Gasteiger partial charge is 0.219 e. The zero-order valence-electron chi connectivity index (χ0n) is 25.7. The second-order valence-corrected chi connectivity index (χ2v) is 14.3. The summed E-state index contributed by atoms with van der Waals surface area (Å²) in [6.07, 6.45) is 7.93. The number of ether oxygens (including phenoxy) is 1. The summed E-state index contributed by atoms with van der Waals surface area (Å²) < 4.78 is 12.9. The predicted octanol–water partition coefficient (Wildman–Crippen LogP) is 4.65. The summed E-state index contributed by atoms with van der Waals surface area (Å²) in [6, 6.07) is 5.44. The molecule has 1 spiro atoms. The fourth-order valence-corrected chi connectivity index (χ4v) is 9.43. The Labute approximate surface area is 257 Å². The molecule has 0 unspecified atom stereocenters. The molecule has 11 heteroatoms. The number of nitrogens with zero attached hydrogens (tertiary/aromatic N) is 6. The Kier molecular flexibility index (Phi) is 7.35. The minimum absolute atomic E-state index is 0.00687. The number of fused-ring (bicyclic) bond motifs is 4. The van der Waals surface area contributed by atoms with E-state index in [4.69, 9.17) is 25.0 Å². The fourth-order valence-electron chi connectivity index (χ4n) is 8.27. The molecule has 2 aliphatic carbocycles. The van der Waals surface area contributed by atoms with Crippen LogP contribution in [0.3, 0.4) is 0 Å². The molecule has 2 saturated heterocycles. The average molecular weight is 603 g/mol. The van der Waals surface area contributed by atoms with Crippen LogP contribution in [0.1, 0.15) is 86.6 Å². The van der Waals surface area contributed by atoms with Gasteiger partial charge >= 0.3 is 0 Å². The fraction of sp³-hybridized carbons (Fsp3) is 0.625. The molecule has 0 amide bonds. The monoisotopic (exact) mass is 602 g/mol. The molecular formula is C32H42N8O2S. The summed E-state index contributed by atoms with van der Waals surface area (Å²) in [5, 5.41) is 19.0. The largest absolute Gasteiger partial charge is 0.473 e. The molecule has 3 N–H and O–H groups in total. The van der Waals surface area contributed by atoms with E-state index in [0.29, 0.717) is 46.1 Å². The highest BCUT2D eigenvalue weighted by Crippen LogP contribution is 2.55. The Bertz CT molecular complexity index is 1550. The Hall–Kier alpha value is -3.20. The maximum Gasteiger partial charge on any atom is 0.219 e. The van der Waals surface area contributed by atoms with Crippen molar-refractivity contribution in [3.63, 3.8) is 0 Å². The minimum Gasteiger partial charge on any atom is -0.473 e. The Morgan fingerprint density at radius 3 is 2.67 bits per heavy atom. The SMILES string of the molecule is C[C@H](Oc1cc(N2C[C@H](C)N[C@@H](C)C2)nc(-c2noc3c2CCC[C@@]32CCCc3sc(N)c(C#N)c32)n1)[C@@H]1CCCN1C. The minimum atomic E-state index is -0.381. The summed E-state index contributed by atoms with van der Waals surface area (Å²) in [5.74, 6) is 2.84. The molecule has 5 atom stereocenters. The first-order valence-corrected chi connectivity index (χ1v) is 16.7. The lowest BCUT2D eigenvalue weighted by atomic mass is 9.63. The molecule has 2 fully saturated rings. The number of nitrogens with two attached hydrogens (primary N) is 1. The number of aromatic nitrogens is 3. The van der Waals surface area contributed by atoms with E-state index in [1.54, 1.807) is 11.3 Å². The van der Waals surface area contributed by atoms with Gasteiger partial charge in [-0.05, 0) is 91.3 Å². The van der Waals surface area contributed by atoms with Gasteiger partial charge in [0, 0.05) is 47.7 Å². The number of rotatable bonds is 5. The van der Waals surface area contributed by atoms with Crippen LogP contribution in [-0.2, 0) is 18.3 Å². The van der Waals surface area contributed by atoms with Crippen LogP contribution in [0.4, 0.5) is 10.8 Å². The Balaban J connectivity index is 1.31. The summed E-state index contributed by atoms with van der Waals surface area (Å²) in [5.41, 5.74) is 9.42. The topological polar surface area (TPSA) is 129 Å². The maximum absolute atomic E-state index is 10.1. The van der Waals surface area contributed by atoms with Gasteiger partial charge in [0.25, 0.3) is 0 Å². The number of aryl methyl sites for hydroxylation is 1. The summed E-state index contributed by atoms with van der Waals surface area (Å²) in [4.78, 5) is 16.0. The second kappa shape index (κ2) is 11.1. The van der Waals surface area contributed by atoms with Crippen LogP contribution in [0, 0.1) is 11.3 Å². The first-order chi connectivity index (χ1) is 20.8. The molecule has 228 valence electrons. The van der Waals surface area contributed by atoms with Crippen molar-refractivity contribution >= 4 is 22.2 Å². The number of hydrogen-bond acceptors (Lipinski definition) is 11. The van der Waals surface area contributed by atoms with Crippen molar-refractivity contribution in [1.29, 1.82) is 5.26 Å². The molecule has 0 aromatic carbocycles. The van der Waals surface area contributed by atoms with Crippen molar-refractivity contribution in [2.24, 2.45) is 0 Å². The van der Waals surface area contributed by atoms with Crippen LogP contribution in [-0.4, -0.2) is 70.9 Å². The number of hydrogen-bond donors (Lipinski definition) is 2. The number of nitriles is 1. The first kappa shape index (κ1) is 28.6. The van der Waals surface area contributed by atoms with Gasteiger partial charge in [0.2, 0.25) is 5.88 Å². The first-order valence-electron chi connectivity index (χ1n) is 15.9. The van der Waals surface area contributed by atoms with Crippen LogP contribution in [0.2, 0.25) is 0 Å². The molecule has 43 heavy (non-hydrogen) atoms. The third kappa shape index (κ3) is 4.88. The van der Waals surface area contributed by atoms with Gasteiger partial charge in [0.1, 0.15) is 23.0 Å². The molecule has 7 rings (SSSR count). The molecular weight excluding hydrogens is 560 g/mol. The quantitative estimate of drug-likeness (QED) is 0.426. The third-order valence-electron chi connectivity index (χ3n) is 10.1. The van der Waals surface area contributed by atoms with E-state index in [2.05, 4.69) is 54.2 Å². The van der Waals surface area contributed by atoms with Crippen molar-refractivity contribution < 1.29 is 9.26 Å². The molecule has 4 aliphatic rings. The van der Waals surface area contributed by atoms with E-state index in [0.717, 1.165) is 87.3 Å². The highest BCUT2D eigenvalue weighted by molar-refractivity contribution is 7.16. The number of likely N-dealkylation sites (tertiary alicyclic amines) is 1. The standard InChI is InChI=1S/C32H42N8O2S/c1-18-16-40(17-19(2)35-18)25-14-26(41-20(3)23-9-7-13-39(23)4)37-31(36-25)28-21-8-5-11-32(29(21)42-38-28)12-6-10-24-27(32)22(15-33)30(34)43-24/h14,18-20,23,35H,5-13,16-17,34H2,1-4H3/t18-,19-,20-,23-,32-/m0/s1. The van der Waals surface area contributed by atoms with Crippen LogP contribution in [0.5, 0.6) is 5.88 Å². The lowest BCUT2D eigenvalue weighted by Crippen LogP contribution is -2.54. The van der Waals surface area contributed by atoms with E-state index in [9.17, 15) is 5.26 Å². The number of likely N-dealkylation sites (N-methyl/N-ethyl adjacent to an activating group) is 1. The van der Waals surface area contributed by atoms with E-state index < -0.39 is 0 Å². The lowest BCUT2D eigenvalue weighted by Gasteiger charge is -2.39. The van der Waals surface area contributed by atoms with E-state index in [1.165, 1.54) is 11.3 Å².